The summed E-state index contributed by atoms with van der Waals surface area (Å²) in [6.45, 7) is 0. The summed E-state index contributed by atoms with van der Waals surface area (Å²) in [4.78, 5) is 15.1. The largest absolute Gasteiger partial charge is 0.272 e. The molecule has 0 radical (unpaired) electrons. The maximum Gasteiger partial charge on any atom is 0.257 e. The van der Waals surface area contributed by atoms with Crippen molar-refractivity contribution in [3.05, 3.63) is 0 Å². The fraction of sp³-hybridized carbons (Fsp3) is 0.818. The lowest BCUT2D eigenvalue weighted by atomic mass is 9.96. The lowest BCUT2D eigenvalue weighted by Crippen LogP contribution is -2.11. The van der Waals surface area contributed by atoms with Gasteiger partial charge in [0.1, 0.15) is 0 Å². The zero-order valence-electron chi connectivity index (χ0n) is 8.50. The first-order chi connectivity index (χ1) is 6.84. The van der Waals surface area contributed by atoms with Crippen LogP contribution >= 0.6 is 12.2 Å². The molecule has 1 amide bonds. The van der Waals surface area contributed by atoms with Gasteiger partial charge in [0.25, 0.3) is 5.91 Å². The maximum atomic E-state index is 11.5. The Bertz CT molecular complexity index is 223. The average Bonchev–Trinajstić information content (AvgIpc) is 2.30. The number of hydrogen-bond acceptors (Lipinski definition) is 2. The van der Waals surface area contributed by atoms with E-state index in [1.165, 1.54) is 25.7 Å². The molecule has 2 nitrogen and oxygen atoms in total. The van der Waals surface area contributed by atoms with E-state index in [9.17, 15) is 4.79 Å². The second-order valence-corrected chi connectivity index (χ2v) is 4.12. The van der Waals surface area contributed by atoms with Crippen molar-refractivity contribution in [3.8, 4) is 0 Å². The molecule has 0 spiro atoms. The van der Waals surface area contributed by atoms with Crippen molar-refractivity contribution < 1.29 is 4.79 Å². The van der Waals surface area contributed by atoms with Crippen molar-refractivity contribution in [2.45, 2.75) is 51.4 Å². The predicted octanol–water partition coefficient (Wildman–Crippen LogP) is 3.37. The van der Waals surface area contributed by atoms with E-state index in [0.717, 1.165) is 25.7 Å². The number of isothiocyanates is 1. The van der Waals surface area contributed by atoms with Crippen molar-refractivity contribution in [2.24, 2.45) is 10.9 Å². The fourth-order valence-corrected chi connectivity index (χ4v) is 2.11. The van der Waals surface area contributed by atoms with Crippen LogP contribution in [0.3, 0.4) is 0 Å². The monoisotopic (exact) mass is 211 g/mol. The minimum atomic E-state index is -0.0538. The molecule has 0 aromatic rings. The molecule has 1 fully saturated rings. The van der Waals surface area contributed by atoms with Gasteiger partial charge in [0, 0.05) is 5.92 Å². The van der Waals surface area contributed by atoms with Crippen LogP contribution < -0.4 is 0 Å². The number of carbonyl (C=O) groups excluding carboxylic acids is 1. The summed E-state index contributed by atoms with van der Waals surface area (Å²) in [5.74, 6) is 0.0606. The van der Waals surface area contributed by atoms with Crippen molar-refractivity contribution in [2.75, 3.05) is 0 Å². The zero-order chi connectivity index (χ0) is 10.2. The van der Waals surface area contributed by atoms with Crippen LogP contribution in [-0.2, 0) is 4.79 Å². The van der Waals surface area contributed by atoms with E-state index in [1.807, 2.05) is 0 Å². The summed E-state index contributed by atoms with van der Waals surface area (Å²) in [5.41, 5.74) is 0. The van der Waals surface area contributed by atoms with Crippen molar-refractivity contribution >= 4 is 23.3 Å². The topological polar surface area (TPSA) is 29.4 Å². The van der Waals surface area contributed by atoms with E-state index in [4.69, 9.17) is 0 Å². The highest BCUT2D eigenvalue weighted by atomic mass is 32.1. The van der Waals surface area contributed by atoms with E-state index in [0.29, 0.717) is 0 Å². The quantitative estimate of drug-likeness (QED) is 0.491. The van der Waals surface area contributed by atoms with Crippen molar-refractivity contribution in [1.29, 1.82) is 0 Å². The molecule has 78 valence electrons. The van der Waals surface area contributed by atoms with Gasteiger partial charge in [-0.1, -0.05) is 38.5 Å². The van der Waals surface area contributed by atoms with Gasteiger partial charge < -0.3 is 0 Å². The summed E-state index contributed by atoms with van der Waals surface area (Å²) in [5, 5.41) is 2.18. The van der Waals surface area contributed by atoms with Crippen molar-refractivity contribution in [1.82, 2.24) is 0 Å². The van der Waals surface area contributed by atoms with Gasteiger partial charge in [0.15, 0.2) is 0 Å². The number of hydrogen-bond donors (Lipinski definition) is 0. The molecule has 0 atom stereocenters. The lowest BCUT2D eigenvalue weighted by molar-refractivity contribution is -0.121. The van der Waals surface area contributed by atoms with Gasteiger partial charge in [-0.25, -0.2) is 0 Å². The summed E-state index contributed by atoms with van der Waals surface area (Å²) < 4.78 is 0. The second kappa shape index (κ2) is 6.86. The molecule has 1 saturated carbocycles. The SMILES string of the molecule is O=C(N=C=S)C1CCCCCCCC1. The van der Waals surface area contributed by atoms with Crippen molar-refractivity contribution in [3.63, 3.8) is 0 Å². The molecule has 3 heteroatoms. The van der Waals surface area contributed by atoms with E-state index in [2.05, 4.69) is 22.4 Å². The fourth-order valence-electron chi connectivity index (χ4n) is 2.02. The molecule has 1 aliphatic carbocycles. The number of nitrogens with zero attached hydrogens (tertiary/aromatic N) is 1. The Morgan fingerprint density at radius 3 is 2.07 bits per heavy atom. The molecular weight excluding hydrogens is 194 g/mol. The van der Waals surface area contributed by atoms with Crippen LogP contribution in [0.5, 0.6) is 0 Å². The molecular formula is C11H17NOS. The molecule has 0 saturated heterocycles. The minimum Gasteiger partial charge on any atom is -0.272 e. The second-order valence-electron chi connectivity index (χ2n) is 3.94. The van der Waals surface area contributed by atoms with Gasteiger partial charge in [-0.2, -0.15) is 4.99 Å². The number of rotatable bonds is 1. The number of carbonyl (C=O) groups is 1. The Hall–Kier alpha value is -0.530. The van der Waals surface area contributed by atoms with Crippen LogP contribution in [0.15, 0.2) is 4.99 Å². The standard InChI is InChI=1S/C11H17NOS/c13-11(12-9-14)10-7-5-3-1-2-4-6-8-10/h10H,1-8H2. The zero-order valence-corrected chi connectivity index (χ0v) is 9.31. The average molecular weight is 211 g/mol. The van der Waals surface area contributed by atoms with Gasteiger partial charge in [-0.3, -0.25) is 4.79 Å². The smallest absolute Gasteiger partial charge is 0.257 e. The molecule has 0 bridgehead atoms. The highest BCUT2D eigenvalue weighted by molar-refractivity contribution is 7.78. The Kier molecular flexibility index (Phi) is 5.65. The molecule has 0 aliphatic heterocycles. The number of amides is 1. The first-order valence-corrected chi connectivity index (χ1v) is 5.87. The first-order valence-electron chi connectivity index (χ1n) is 5.46. The number of thiocarbonyl (C=S) groups is 1. The highest BCUT2D eigenvalue weighted by Gasteiger charge is 2.17. The lowest BCUT2D eigenvalue weighted by Gasteiger charge is -2.09. The third-order valence-electron chi connectivity index (χ3n) is 2.86. The van der Waals surface area contributed by atoms with E-state index in [1.54, 1.807) is 0 Å². The summed E-state index contributed by atoms with van der Waals surface area (Å²) in [6.07, 6.45) is 9.43. The Labute approximate surface area is 90.8 Å². The van der Waals surface area contributed by atoms with Crippen LogP contribution in [0.25, 0.3) is 0 Å². The third kappa shape index (κ3) is 4.12. The molecule has 0 aromatic heterocycles. The van der Waals surface area contributed by atoms with E-state index < -0.39 is 0 Å². The summed E-state index contributed by atoms with van der Waals surface area (Å²) >= 11 is 4.45. The molecule has 0 unspecified atom stereocenters. The Morgan fingerprint density at radius 1 is 1.07 bits per heavy atom. The summed E-state index contributed by atoms with van der Waals surface area (Å²) in [7, 11) is 0. The van der Waals surface area contributed by atoms with Gasteiger partial charge in [-0.05, 0) is 25.1 Å². The van der Waals surface area contributed by atoms with Crippen LogP contribution in [0, 0.1) is 5.92 Å². The number of aliphatic imine (C=N–C) groups is 1. The molecule has 0 aromatic carbocycles. The predicted molar refractivity (Wildman–Crippen MR) is 60.5 cm³/mol. The minimum absolute atomic E-state index is 0.0538. The van der Waals surface area contributed by atoms with Gasteiger partial charge in [0.2, 0.25) is 0 Å². The summed E-state index contributed by atoms with van der Waals surface area (Å²) in [6, 6.07) is 0. The normalized spacial score (nSPS) is 20.0. The van der Waals surface area contributed by atoms with Crippen LogP contribution in [0.4, 0.5) is 0 Å². The molecule has 0 heterocycles. The molecule has 0 N–H and O–H groups in total. The highest BCUT2D eigenvalue weighted by Crippen LogP contribution is 2.22. The Morgan fingerprint density at radius 2 is 1.57 bits per heavy atom. The first kappa shape index (κ1) is 11.5. The van der Waals surface area contributed by atoms with Gasteiger partial charge >= 0.3 is 0 Å². The molecule has 14 heavy (non-hydrogen) atoms. The van der Waals surface area contributed by atoms with Crippen LogP contribution in [0.1, 0.15) is 51.4 Å². The molecule has 1 rings (SSSR count). The maximum absolute atomic E-state index is 11.5. The van der Waals surface area contributed by atoms with Crippen LogP contribution in [0.2, 0.25) is 0 Å². The van der Waals surface area contributed by atoms with Crippen LogP contribution in [-0.4, -0.2) is 11.1 Å². The van der Waals surface area contributed by atoms with Gasteiger partial charge in [-0.15, -0.1) is 0 Å². The van der Waals surface area contributed by atoms with E-state index in [-0.39, 0.29) is 11.8 Å². The molecule has 1 aliphatic rings. The Balaban J connectivity index is 2.46. The van der Waals surface area contributed by atoms with E-state index >= 15 is 0 Å². The third-order valence-corrected chi connectivity index (χ3v) is 2.95. The van der Waals surface area contributed by atoms with Gasteiger partial charge in [0.05, 0.1) is 5.16 Å².